The molecular weight excluding hydrogens is 259 g/mol. The molecule has 3 aromatic rings. The van der Waals surface area contributed by atoms with Gasteiger partial charge in [-0.05, 0) is 35.4 Å². The normalized spacial score (nSPS) is 10.9. The number of aromatic carboxylic acids is 1. The summed E-state index contributed by atoms with van der Waals surface area (Å²) in [5, 5.41) is 13.9. The molecule has 0 spiro atoms. The molecule has 20 heavy (non-hydrogen) atoms. The minimum Gasteiger partial charge on any atom is -0.478 e. The molecule has 0 bridgehead atoms. The number of fused-ring (bicyclic) bond motifs is 1. The van der Waals surface area contributed by atoms with Crippen molar-refractivity contribution in [2.45, 2.75) is 0 Å². The third-order valence-electron chi connectivity index (χ3n) is 3.28. The molecule has 0 fully saturated rings. The van der Waals surface area contributed by atoms with E-state index in [4.69, 9.17) is 5.11 Å². The third-order valence-corrected chi connectivity index (χ3v) is 3.28. The first-order valence-corrected chi connectivity index (χ1v) is 6.01. The summed E-state index contributed by atoms with van der Waals surface area (Å²) in [4.78, 5) is 10.8. The van der Waals surface area contributed by atoms with Crippen LogP contribution in [-0.4, -0.2) is 20.9 Å². The van der Waals surface area contributed by atoms with E-state index < -0.39 is 11.8 Å². The van der Waals surface area contributed by atoms with Gasteiger partial charge in [0.25, 0.3) is 0 Å². The summed E-state index contributed by atoms with van der Waals surface area (Å²) in [6, 6.07) is 9.78. The maximum atomic E-state index is 13.7. The Kier molecular flexibility index (Phi) is 2.75. The zero-order valence-electron chi connectivity index (χ0n) is 10.7. The molecule has 0 amide bonds. The van der Waals surface area contributed by atoms with Gasteiger partial charge in [-0.3, -0.25) is 4.68 Å². The fourth-order valence-electron chi connectivity index (χ4n) is 2.21. The molecule has 0 atom stereocenters. The average molecular weight is 270 g/mol. The number of carboxylic acids is 1. The standard InChI is InChI=1S/C15H11FN2O2/c1-18-14-5-3-9(6-11(14)8-17-18)10-2-4-12(15(19)20)13(16)7-10/h2-8H,1H3,(H,19,20). The van der Waals surface area contributed by atoms with Crippen LogP contribution in [0.3, 0.4) is 0 Å². The minimum absolute atomic E-state index is 0.323. The largest absolute Gasteiger partial charge is 0.478 e. The van der Waals surface area contributed by atoms with Crippen molar-refractivity contribution in [3.63, 3.8) is 0 Å². The number of aryl methyl sites for hydroxylation is 1. The lowest BCUT2D eigenvalue weighted by Gasteiger charge is -2.04. The molecular formula is C15H11FN2O2. The molecule has 0 aliphatic rings. The Hall–Kier alpha value is -2.69. The highest BCUT2D eigenvalue weighted by Crippen LogP contribution is 2.25. The second-order valence-electron chi connectivity index (χ2n) is 4.54. The van der Waals surface area contributed by atoms with Crippen molar-refractivity contribution < 1.29 is 14.3 Å². The molecule has 1 heterocycles. The van der Waals surface area contributed by atoms with Crippen LogP contribution in [0.1, 0.15) is 10.4 Å². The first-order valence-electron chi connectivity index (χ1n) is 6.01. The monoisotopic (exact) mass is 270 g/mol. The second kappa shape index (κ2) is 4.45. The van der Waals surface area contributed by atoms with E-state index in [0.717, 1.165) is 16.5 Å². The van der Waals surface area contributed by atoms with Gasteiger partial charge in [-0.25, -0.2) is 9.18 Å². The maximum Gasteiger partial charge on any atom is 0.338 e. The first-order chi connectivity index (χ1) is 9.56. The average Bonchev–Trinajstić information content (AvgIpc) is 2.79. The number of rotatable bonds is 2. The Balaban J connectivity index is 2.10. The van der Waals surface area contributed by atoms with E-state index in [9.17, 15) is 9.18 Å². The van der Waals surface area contributed by atoms with E-state index in [1.165, 1.54) is 12.1 Å². The molecule has 0 aliphatic carbocycles. The van der Waals surface area contributed by atoms with Crippen molar-refractivity contribution in [2.75, 3.05) is 0 Å². The van der Waals surface area contributed by atoms with Gasteiger partial charge in [-0.1, -0.05) is 12.1 Å². The molecule has 4 nitrogen and oxygen atoms in total. The SMILES string of the molecule is Cn1ncc2cc(-c3ccc(C(=O)O)c(F)c3)ccc21. The summed E-state index contributed by atoms with van der Waals surface area (Å²) in [7, 11) is 1.85. The molecule has 100 valence electrons. The molecule has 0 saturated carbocycles. The molecule has 0 radical (unpaired) electrons. The Bertz CT molecular complexity index is 824. The quantitative estimate of drug-likeness (QED) is 0.778. The van der Waals surface area contributed by atoms with Crippen LogP contribution in [0.25, 0.3) is 22.0 Å². The van der Waals surface area contributed by atoms with Crippen molar-refractivity contribution in [3.05, 3.63) is 54.0 Å². The Morgan fingerprint density at radius 2 is 1.90 bits per heavy atom. The van der Waals surface area contributed by atoms with Crippen molar-refractivity contribution in [1.29, 1.82) is 0 Å². The van der Waals surface area contributed by atoms with E-state index in [0.29, 0.717) is 5.56 Å². The summed E-state index contributed by atoms with van der Waals surface area (Å²) < 4.78 is 15.5. The smallest absolute Gasteiger partial charge is 0.338 e. The van der Waals surface area contributed by atoms with Gasteiger partial charge in [0, 0.05) is 12.4 Å². The van der Waals surface area contributed by atoms with Gasteiger partial charge in [0.2, 0.25) is 0 Å². The Morgan fingerprint density at radius 1 is 1.20 bits per heavy atom. The number of carboxylic acid groups (broad SMARTS) is 1. The minimum atomic E-state index is -1.27. The predicted octanol–water partition coefficient (Wildman–Crippen LogP) is 3.08. The van der Waals surface area contributed by atoms with E-state index in [2.05, 4.69) is 5.10 Å². The van der Waals surface area contributed by atoms with Crippen LogP contribution in [0, 0.1) is 5.82 Å². The predicted molar refractivity (Wildman–Crippen MR) is 73.1 cm³/mol. The lowest BCUT2D eigenvalue weighted by molar-refractivity contribution is 0.0692. The highest BCUT2D eigenvalue weighted by molar-refractivity contribution is 5.89. The van der Waals surface area contributed by atoms with E-state index >= 15 is 0 Å². The second-order valence-corrected chi connectivity index (χ2v) is 4.54. The van der Waals surface area contributed by atoms with Gasteiger partial charge in [0.05, 0.1) is 17.3 Å². The summed E-state index contributed by atoms with van der Waals surface area (Å²) in [5.41, 5.74) is 2.12. The fourth-order valence-corrected chi connectivity index (χ4v) is 2.21. The third kappa shape index (κ3) is 1.93. The van der Waals surface area contributed by atoms with Crippen molar-refractivity contribution in [3.8, 4) is 11.1 Å². The number of nitrogens with zero attached hydrogens (tertiary/aromatic N) is 2. The lowest BCUT2D eigenvalue weighted by Crippen LogP contribution is -2.00. The van der Waals surface area contributed by atoms with Gasteiger partial charge in [-0.15, -0.1) is 0 Å². The Morgan fingerprint density at radius 3 is 2.60 bits per heavy atom. The van der Waals surface area contributed by atoms with Crippen LogP contribution in [0.2, 0.25) is 0 Å². The van der Waals surface area contributed by atoms with Crippen molar-refractivity contribution in [2.24, 2.45) is 7.05 Å². The summed E-state index contributed by atoms with van der Waals surface area (Å²) in [6.07, 6.45) is 1.74. The maximum absolute atomic E-state index is 13.7. The number of halogens is 1. The van der Waals surface area contributed by atoms with E-state index in [1.54, 1.807) is 16.9 Å². The fraction of sp³-hybridized carbons (Fsp3) is 0.0667. The number of carbonyl (C=O) groups is 1. The highest BCUT2D eigenvalue weighted by atomic mass is 19.1. The van der Waals surface area contributed by atoms with Crippen LogP contribution in [0.15, 0.2) is 42.6 Å². The number of aromatic nitrogens is 2. The number of hydrogen-bond donors (Lipinski definition) is 1. The van der Waals surface area contributed by atoms with Crippen LogP contribution in [-0.2, 0) is 7.05 Å². The van der Waals surface area contributed by atoms with Crippen LogP contribution >= 0.6 is 0 Å². The summed E-state index contributed by atoms with van der Waals surface area (Å²) >= 11 is 0. The summed E-state index contributed by atoms with van der Waals surface area (Å²) in [5.74, 6) is -2.00. The van der Waals surface area contributed by atoms with Gasteiger partial charge in [-0.2, -0.15) is 5.10 Å². The van der Waals surface area contributed by atoms with Gasteiger partial charge >= 0.3 is 5.97 Å². The van der Waals surface area contributed by atoms with Crippen LogP contribution in [0.4, 0.5) is 4.39 Å². The zero-order valence-corrected chi connectivity index (χ0v) is 10.7. The molecule has 0 saturated heterocycles. The molecule has 3 rings (SSSR count). The molecule has 5 heteroatoms. The van der Waals surface area contributed by atoms with E-state index in [-0.39, 0.29) is 5.56 Å². The molecule has 1 N–H and O–H groups in total. The van der Waals surface area contributed by atoms with Gasteiger partial charge in [0.15, 0.2) is 0 Å². The van der Waals surface area contributed by atoms with Gasteiger partial charge in [0.1, 0.15) is 5.82 Å². The summed E-state index contributed by atoms with van der Waals surface area (Å²) in [6.45, 7) is 0. The molecule has 0 aliphatic heterocycles. The number of benzene rings is 2. The van der Waals surface area contributed by atoms with Gasteiger partial charge < -0.3 is 5.11 Å². The lowest BCUT2D eigenvalue weighted by atomic mass is 10.0. The molecule has 0 unspecified atom stereocenters. The highest BCUT2D eigenvalue weighted by Gasteiger charge is 2.11. The van der Waals surface area contributed by atoms with E-state index in [1.807, 2.05) is 25.2 Å². The topological polar surface area (TPSA) is 55.1 Å². The molecule has 2 aromatic carbocycles. The number of hydrogen-bond acceptors (Lipinski definition) is 2. The first kappa shape index (κ1) is 12.3. The Labute approximate surface area is 114 Å². The zero-order chi connectivity index (χ0) is 14.3. The van der Waals surface area contributed by atoms with Crippen molar-refractivity contribution >= 4 is 16.9 Å². The van der Waals surface area contributed by atoms with Crippen molar-refractivity contribution in [1.82, 2.24) is 9.78 Å². The van der Waals surface area contributed by atoms with Crippen LogP contribution < -0.4 is 0 Å². The molecule has 1 aromatic heterocycles. The van der Waals surface area contributed by atoms with Crippen LogP contribution in [0.5, 0.6) is 0 Å².